The van der Waals surface area contributed by atoms with Crippen LogP contribution in [0.25, 0.3) is 10.4 Å². The molecule has 3 atom stereocenters. The van der Waals surface area contributed by atoms with Crippen LogP contribution in [0, 0.1) is 12.8 Å². The fourth-order valence-corrected chi connectivity index (χ4v) is 6.16. The van der Waals surface area contributed by atoms with E-state index in [1.807, 2.05) is 47.1 Å². The molecule has 252 valence electrons. The summed E-state index contributed by atoms with van der Waals surface area (Å²) in [7, 11) is 0. The second-order valence-corrected chi connectivity index (χ2v) is 13.9. The van der Waals surface area contributed by atoms with Gasteiger partial charge in [-0.15, -0.1) is 11.3 Å². The molecule has 1 aliphatic heterocycles. The van der Waals surface area contributed by atoms with Crippen LogP contribution < -0.4 is 5.32 Å². The van der Waals surface area contributed by atoms with Gasteiger partial charge in [-0.2, -0.15) is 12.6 Å². The van der Waals surface area contributed by atoms with Crippen molar-refractivity contribution in [3.05, 3.63) is 41.0 Å². The first-order valence-corrected chi connectivity index (χ1v) is 18.6. The van der Waals surface area contributed by atoms with Gasteiger partial charge in [-0.05, 0) is 77.0 Å². The number of benzene rings is 1. The van der Waals surface area contributed by atoms with Gasteiger partial charge in [0, 0.05) is 11.3 Å². The largest absolute Gasteiger partial charge is 0.331 e. The van der Waals surface area contributed by atoms with Crippen molar-refractivity contribution in [3.8, 4) is 10.4 Å². The number of ketones is 1. The molecule has 3 rings (SSSR count). The molecule has 3 unspecified atom stereocenters. The number of thiazole rings is 1. The molecular weight excluding hydrogens is 583 g/mol. The lowest BCUT2D eigenvalue weighted by atomic mass is 9.98. The standard InChI is InChI=1S/C18H34N2O2S.C15H19NS.2C2H6/c1-5-6-7-8-9-12-19-16(18(3,4)23)17(22)20-13-10-11-15(20)14(2)21;1-4-11(2)9-13-5-7-14(8-6-13)15-12(3)16-10-17-15;2*1-2/h15-16,19,23H,5-13H2,1-4H3;5-8,10-11H,4,9H2,1-3H3;2*1-2H3. The maximum Gasteiger partial charge on any atom is 0.241 e. The normalized spacial score (nSPS) is 15.5. The first-order valence-electron chi connectivity index (χ1n) is 17.3. The van der Waals surface area contributed by atoms with Crippen LogP contribution in [0.15, 0.2) is 29.8 Å². The molecular formula is C37H65N3O2S2. The molecule has 0 saturated carbocycles. The lowest BCUT2D eigenvalue weighted by molar-refractivity contribution is -0.139. The van der Waals surface area contributed by atoms with Gasteiger partial charge in [0.15, 0.2) is 5.78 Å². The molecule has 1 aromatic carbocycles. The highest BCUT2D eigenvalue weighted by Gasteiger charge is 2.40. The minimum absolute atomic E-state index is 0.0243. The second kappa shape index (κ2) is 23.6. The van der Waals surface area contributed by atoms with Crippen LogP contribution in [0.2, 0.25) is 0 Å². The Morgan fingerprint density at radius 1 is 1.07 bits per heavy atom. The molecule has 1 fully saturated rings. The van der Waals surface area contributed by atoms with Gasteiger partial charge >= 0.3 is 0 Å². The van der Waals surface area contributed by atoms with Gasteiger partial charge in [0.25, 0.3) is 0 Å². The molecule has 0 bridgehead atoms. The highest BCUT2D eigenvalue weighted by Crippen LogP contribution is 2.28. The van der Waals surface area contributed by atoms with Crippen molar-refractivity contribution in [2.45, 2.75) is 151 Å². The third-order valence-electron chi connectivity index (χ3n) is 7.83. The number of carbonyl (C=O) groups excluding carboxylic acids is 2. The molecule has 5 nitrogen and oxygen atoms in total. The zero-order valence-electron chi connectivity index (χ0n) is 30.0. The van der Waals surface area contributed by atoms with Crippen LogP contribution >= 0.6 is 24.0 Å². The molecule has 0 aliphatic carbocycles. The number of carbonyl (C=O) groups is 2. The van der Waals surface area contributed by atoms with Crippen LogP contribution in [-0.2, 0) is 16.0 Å². The third kappa shape index (κ3) is 15.1. The quantitative estimate of drug-likeness (QED) is 0.158. The maximum absolute atomic E-state index is 12.9. The summed E-state index contributed by atoms with van der Waals surface area (Å²) in [4.78, 5) is 32.0. The number of hydrogen-bond donors (Lipinski definition) is 2. The average Bonchev–Trinajstić information content (AvgIpc) is 3.68. The van der Waals surface area contributed by atoms with E-state index in [1.165, 1.54) is 54.5 Å². The monoisotopic (exact) mass is 647 g/mol. The van der Waals surface area contributed by atoms with Gasteiger partial charge in [-0.1, -0.05) is 105 Å². The van der Waals surface area contributed by atoms with E-state index in [-0.39, 0.29) is 23.8 Å². The lowest BCUT2D eigenvalue weighted by Gasteiger charge is -2.34. The minimum Gasteiger partial charge on any atom is -0.331 e. The van der Waals surface area contributed by atoms with Gasteiger partial charge < -0.3 is 10.2 Å². The van der Waals surface area contributed by atoms with Crippen LogP contribution in [0.1, 0.15) is 132 Å². The molecule has 0 radical (unpaired) electrons. The van der Waals surface area contributed by atoms with Gasteiger partial charge in [0.2, 0.25) is 5.91 Å². The summed E-state index contributed by atoms with van der Waals surface area (Å²) in [6, 6.07) is 8.35. The zero-order valence-corrected chi connectivity index (χ0v) is 31.7. The van der Waals surface area contributed by atoms with Crippen LogP contribution in [0.4, 0.5) is 0 Å². The fourth-order valence-electron chi connectivity index (χ4n) is 5.15. The molecule has 1 aromatic heterocycles. The highest BCUT2D eigenvalue weighted by molar-refractivity contribution is 7.81. The Labute approximate surface area is 280 Å². The number of hydrogen-bond acceptors (Lipinski definition) is 6. The Kier molecular flexibility index (Phi) is 22.7. The van der Waals surface area contributed by atoms with E-state index >= 15 is 0 Å². The van der Waals surface area contributed by atoms with Gasteiger partial charge in [-0.25, -0.2) is 4.98 Å². The van der Waals surface area contributed by atoms with Gasteiger partial charge in [0.05, 0.1) is 22.1 Å². The van der Waals surface area contributed by atoms with Gasteiger partial charge in [0.1, 0.15) is 6.04 Å². The lowest BCUT2D eigenvalue weighted by Crippen LogP contribution is -2.57. The summed E-state index contributed by atoms with van der Waals surface area (Å²) in [5.74, 6) is 0.883. The molecule has 1 N–H and O–H groups in total. The molecule has 2 heterocycles. The average molecular weight is 648 g/mol. The number of nitrogens with zero attached hydrogens (tertiary/aromatic N) is 2. The summed E-state index contributed by atoms with van der Waals surface area (Å²) in [6.07, 6.45) is 10.1. The van der Waals surface area contributed by atoms with Crippen LogP contribution in [0.5, 0.6) is 0 Å². The van der Waals surface area contributed by atoms with E-state index in [9.17, 15) is 9.59 Å². The molecule has 2 aromatic rings. The van der Waals surface area contributed by atoms with E-state index in [2.05, 4.69) is 74.9 Å². The summed E-state index contributed by atoms with van der Waals surface area (Å²) < 4.78 is -0.454. The van der Waals surface area contributed by atoms with Crippen molar-refractivity contribution < 1.29 is 9.59 Å². The Balaban J connectivity index is 0.000000778. The molecule has 0 spiro atoms. The van der Waals surface area contributed by atoms with E-state index in [0.29, 0.717) is 6.54 Å². The van der Waals surface area contributed by atoms with E-state index in [4.69, 9.17) is 0 Å². The first kappa shape index (κ1) is 42.3. The summed E-state index contributed by atoms with van der Waals surface area (Å²) in [5, 5.41) is 3.39. The van der Waals surface area contributed by atoms with E-state index in [1.54, 1.807) is 23.2 Å². The number of amides is 1. The predicted molar refractivity (Wildman–Crippen MR) is 197 cm³/mol. The summed E-state index contributed by atoms with van der Waals surface area (Å²) in [6.45, 7) is 23.8. The molecule has 44 heavy (non-hydrogen) atoms. The Bertz CT molecular complexity index is 1030. The van der Waals surface area contributed by atoms with Crippen LogP contribution in [0.3, 0.4) is 0 Å². The van der Waals surface area contributed by atoms with E-state index in [0.717, 1.165) is 37.4 Å². The minimum atomic E-state index is -0.454. The maximum atomic E-state index is 12.9. The topological polar surface area (TPSA) is 62.3 Å². The number of Topliss-reactive ketones (excluding diaryl/α,β-unsaturated/α-hetero) is 1. The third-order valence-corrected chi connectivity index (χ3v) is 9.07. The van der Waals surface area contributed by atoms with Gasteiger partial charge in [-0.3, -0.25) is 9.59 Å². The fraction of sp³-hybridized carbons (Fsp3) is 0.703. The van der Waals surface area contributed by atoms with E-state index < -0.39 is 4.75 Å². The summed E-state index contributed by atoms with van der Waals surface area (Å²) >= 11 is 6.34. The highest BCUT2D eigenvalue weighted by atomic mass is 32.1. The predicted octanol–water partition coefficient (Wildman–Crippen LogP) is 9.96. The van der Waals surface area contributed by atoms with Crippen molar-refractivity contribution >= 4 is 35.7 Å². The molecule has 7 heteroatoms. The smallest absolute Gasteiger partial charge is 0.241 e. The first-order chi connectivity index (χ1) is 21.0. The Hall–Kier alpha value is -1.70. The molecule has 1 aliphatic rings. The van der Waals surface area contributed by atoms with Crippen LogP contribution in [-0.4, -0.2) is 51.5 Å². The van der Waals surface area contributed by atoms with Crippen molar-refractivity contribution in [3.63, 3.8) is 0 Å². The Morgan fingerprint density at radius 3 is 2.18 bits per heavy atom. The SMILES string of the molecule is CC.CC.CCC(C)Cc1ccc(-c2scnc2C)cc1.CCCCCCCNC(C(=O)N1CCCC1C(C)=O)C(C)(C)S. The van der Waals surface area contributed by atoms with Crippen molar-refractivity contribution in [2.75, 3.05) is 13.1 Å². The number of unbranched alkanes of at least 4 members (excludes halogenated alkanes) is 4. The number of nitrogens with one attached hydrogen (secondary N) is 1. The van der Waals surface area contributed by atoms with Crippen molar-refractivity contribution in [1.82, 2.24) is 15.2 Å². The van der Waals surface area contributed by atoms with Crippen molar-refractivity contribution in [1.29, 1.82) is 0 Å². The summed E-state index contributed by atoms with van der Waals surface area (Å²) in [5.41, 5.74) is 5.77. The number of aromatic nitrogens is 1. The number of thiol groups is 1. The zero-order chi connectivity index (χ0) is 33.7. The second-order valence-electron chi connectivity index (χ2n) is 11.9. The number of likely N-dealkylation sites (tertiary alicyclic amines) is 1. The molecule has 1 saturated heterocycles. The Morgan fingerprint density at radius 2 is 1.68 bits per heavy atom. The molecule has 1 amide bonds. The number of rotatable bonds is 14. The van der Waals surface area contributed by atoms with Crippen molar-refractivity contribution in [2.24, 2.45) is 5.92 Å². The number of aryl methyl sites for hydroxylation is 1.